The minimum Gasteiger partial charge on any atom is -0.373 e. The molecule has 0 radical (unpaired) electrons. The van der Waals surface area contributed by atoms with Gasteiger partial charge in [0.25, 0.3) is 5.91 Å². The molecule has 2 rings (SSSR count). The van der Waals surface area contributed by atoms with E-state index in [9.17, 15) is 4.79 Å². The Hall–Kier alpha value is -0.980. The van der Waals surface area contributed by atoms with Crippen LogP contribution in [-0.2, 0) is 4.74 Å². The fourth-order valence-corrected chi connectivity index (χ4v) is 2.69. The molecule has 1 aliphatic heterocycles. The summed E-state index contributed by atoms with van der Waals surface area (Å²) in [7, 11) is 0. The first-order chi connectivity index (χ1) is 8.50. The Bertz CT molecular complexity index is 425. The Balaban J connectivity index is 1.91. The van der Waals surface area contributed by atoms with Gasteiger partial charge in [-0.25, -0.2) is 4.98 Å². The molecule has 2 heterocycles. The Kier molecular flexibility index (Phi) is 3.99. The molecule has 6 heteroatoms. The molecule has 1 aromatic heterocycles. The van der Waals surface area contributed by atoms with Crippen LogP contribution in [0.25, 0.3) is 0 Å². The van der Waals surface area contributed by atoms with Gasteiger partial charge in [0, 0.05) is 18.5 Å². The largest absolute Gasteiger partial charge is 0.373 e. The number of hydrogen-bond acceptors (Lipinski definition) is 5. The number of nitrogens with two attached hydrogens (primary N) is 1. The molecule has 0 spiro atoms. The quantitative estimate of drug-likeness (QED) is 0.867. The highest BCUT2D eigenvalue weighted by molar-refractivity contribution is 7.09. The first kappa shape index (κ1) is 13.5. The Morgan fingerprint density at radius 1 is 1.78 bits per heavy atom. The lowest BCUT2D eigenvalue weighted by atomic mass is 10.0. The third-order valence-corrected chi connectivity index (χ3v) is 4.11. The van der Waals surface area contributed by atoms with Gasteiger partial charge in [-0.1, -0.05) is 0 Å². The van der Waals surface area contributed by atoms with Gasteiger partial charge in [-0.15, -0.1) is 11.3 Å². The molecular formula is C12H19N3O2S. The van der Waals surface area contributed by atoms with E-state index in [-0.39, 0.29) is 17.6 Å². The van der Waals surface area contributed by atoms with Crippen molar-refractivity contribution in [2.75, 3.05) is 13.2 Å². The van der Waals surface area contributed by atoms with Crippen molar-refractivity contribution in [2.24, 2.45) is 5.73 Å². The molecule has 0 saturated carbocycles. The minimum atomic E-state index is -0.227. The summed E-state index contributed by atoms with van der Waals surface area (Å²) in [6.45, 7) is 5.18. The van der Waals surface area contributed by atoms with Crippen molar-refractivity contribution in [3.05, 3.63) is 16.1 Å². The summed E-state index contributed by atoms with van der Waals surface area (Å²) in [5.74, 6) is -0.158. The summed E-state index contributed by atoms with van der Waals surface area (Å²) in [6, 6.07) is -0.132. The van der Waals surface area contributed by atoms with Crippen LogP contribution in [0.3, 0.4) is 0 Å². The number of amides is 1. The van der Waals surface area contributed by atoms with Crippen molar-refractivity contribution in [1.29, 1.82) is 0 Å². The number of aromatic nitrogens is 1. The van der Waals surface area contributed by atoms with Crippen LogP contribution < -0.4 is 11.1 Å². The summed E-state index contributed by atoms with van der Waals surface area (Å²) in [4.78, 5) is 16.1. The Labute approximate surface area is 111 Å². The first-order valence-corrected chi connectivity index (χ1v) is 7.01. The number of carbonyl (C=O) groups excluding carboxylic acids is 1. The molecule has 1 saturated heterocycles. The average Bonchev–Trinajstić information content (AvgIpc) is 2.95. The third-order valence-electron chi connectivity index (χ3n) is 3.07. The molecule has 100 valence electrons. The number of carbonyl (C=O) groups is 1. The fraction of sp³-hybridized carbons (Fsp3) is 0.667. The van der Waals surface area contributed by atoms with Crippen molar-refractivity contribution >= 4 is 17.2 Å². The zero-order chi connectivity index (χ0) is 13.2. The van der Waals surface area contributed by atoms with Crippen LogP contribution in [0.2, 0.25) is 0 Å². The summed E-state index contributed by atoms with van der Waals surface area (Å²) in [5.41, 5.74) is 5.93. The van der Waals surface area contributed by atoms with Crippen molar-refractivity contribution in [3.8, 4) is 0 Å². The second-order valence-corrected chi connectivity index (χ2v) is 5.83. The second kappa shape index (κ2) is 5.34. The molecule has 5 nitrogen and oxygen atoms in total. The lowest BCUT2D eigenvalue weighted by Crippen LogP contribution is -2.40. The minimum absolute atomic E-state index is 0.132. The highest BCUT2D eigenvalue weighted by atomic mass is 32.1. The second-order valence-electron chi connectivity index (χ2n) is 4.94. The number of nitrogens with one attached hydrogen (secondary N) is 1. The van der Waals surface area contributed by atoms with Crippen molar-refractivity contribution in [3.63, 3.8) is 0 Å². The highest BCUT2D eigenvalue weighted by Crippen LogP contribution is 2.24. The Morgan fingerprint density at radius 3 is 3.11 bits per heavy atom. The van der Waals surface area contributed by atoms with Gasteiger partial charge in [-0.3, -0.25) is 4.79 Å². The SMILES string of the molecule is CC(N)c1nc(C(=O)NCC2(C)CCCO2)cs1. The third kappa shape index (κ3) is 3.07. The molecule has 2 unspecified atom stereocenters. The van der Waals surface area contributed by atoms with Crippen LogP contribution in [0, 0.1) is 0 Å². The summed E-state index contributed by atoms with van der Waals surface area (Å²) in [6.07, 6.45) is 2.04. The number of ether oxygens (including phenoxy) is 1. The van der Waals surface area contributed by atoms with E-state index >= 15 is 0 Å². The maximum atomic E-state index is 11.9. The van der Waals surface area contributed by atoms with Gasteiger partial charge < -0.3 is 15.8 Å². The van der Waals surface area contributed by atoms with E-state index in [2.05, 4.69) is 10.3 Å². The molecule has 3 N–H and O–H groups in total. The smallest absolute Gasteiger partial charge is 0.270 e. The van der Waals surface area contributed by atoms with Crippen LogP contribution in [0.5, 0.6) is 0 Å². The number of nitrogens with zero attached hydrogens (tertiary/aromatic N) is 1. The van der Waals surface area contributed by atoms with Gasteiger partial charge in [0.1, 0.15) is 10.7 Å². The lowest BCUT2D eigenvalue weighted by Gasteiger charge is -2.22. The van der Waals surface area contributed by atoms with Crippen molar-refractivity contribution < 1.29 is 9.53 Å². The van der Waals surface area contributed by atoms with Crippen molar-refractivity contribution in [1.82, 2.24) is 10.3 Å². The fourth-order valence-electron chi connectivity index (χ4n) is 1.94. The molecule has 18 heavy (non-hydrogen) atoms. The maximum absolute atomic E-state index is 11.9. The number of thiazole rings is 1. The van der Waals surface area contributed by atoms with Gasteiger partial charge >= 0.3 is 0 Å². The van der Waals surface area contributed by atoms with E-state index in [4.69, 9.17) is 10.5 Å². The van der Waals surface area contributed by atoms with Crippen molar-refractivity contribution in [2.45, 2.75) is 38.3 Å². The zero-order valence-corrected chi connectivity index (χ0v) is 11.5. The van der Waals surface area contributed by atoms with Crippen LogP contribution >= 0.6 is 11.3 Å². The molecule has 0 bridgehead atoms. The molecular weight excluding hydrogens is 250 g/mol. The number of hydrogen-bond donors (Lipinski definition) is 2. The van der Waals surface area contributed by atoms with Gasteiger partial charge in [0.05, 0.1) is 11.6 Å². The molecule has 1 amide bonds. The van der Waals surface area contributed by atoms with E-state index in [1.807, 2.05) is 13.8 Å². The normalized spacial score (nSPS) is 25.1. The number of rotatable bonds is 4. The predicted molar refractivity (Wildman–Crippen MR) is 70.6 cm³/mol. The predicted octanol–water partition coefficient (Wildman–Crippen LogP) is 1.46. The van der Waals surface area contributed by atoms with Crippen LogP contribution in [0.1, 0.15) is 48.2 Å². The van der Waals surface area contributed by atoms with E-state index in [0.29, 0.717) is 12.2 Å². The standard InChI is InChI=1S/C12H19N3O2S/c1-8(13)11-15-9(6-18-11)10(16)14-7-12(2)4-3-5-17-12/h6,8H,3-5,7,13H2,1-2H3,(H,14,16). The van der Waals surface area contributed by atoms with Crippen LogP contribution in [-0.4, -0.2) is 29.6 Å². The van der Waals surface area contributed by atoms with Gasteiger partial charge in [0.15, 0.2) is 0 Å². The lowest BCUT2D eigenvalue weighted by molar-refractivity contribution is 0.0205. The van der Waals surface area contributed by atoms with Gasteiger partial charge in [0.2, 0.25) is 0 Å². The molecule has 0 aliphatic carbocycles. The topological polar surface area (TPSA) is 77.2 Å². The zero-order valence-electron chi connectivity index (χ0n) is 10.7. The molecule has 1 aromatic rings. The summed E-state index contributed by atoms with van der Waals surface area (Å²) in [5, 5.41) is 5.40. The summed E-state index contributed by atoms with van der Waals surface area (Å²) < 4.78 is 5.62. The van der Waals surface area contributed by atoms with Crippen LogP contribution in [0.4, 0.5) is 0 Å². The highest BCUT2D eigenvalue weighted by Gasteiger charge is 2.30. The van der Waals surface area contributed by atoms with Gasteiger partial charge in [-0.2, -0.15) is 0 Å². The molecule has 1 fully saturated rings. The Morgan fingerprint density at radius 2 is 2.56 bits per heavy atom. The molecule has 0 aromatic carbocycles. The van der Waals surface area contributed by atoms with E-state index in [0.717, 1.165) is 24.5 Å². The first-order valence-electron chi connectivity index (χ1n) is 6.13. The average molecular weight is 269 g/mol. The van der Waals surface area contributed by atoms with Crippen LogP contribution in [0.15, 0.2) is 5.38 Å². The molecule has 2 atom stereocenters. The van der Waals surface area contributed by atoms with E-state index < -0.39 is 0 Å². The molecule has 1 aliphatic rings. The van der Waals surface area contributed by atoms with E-state index in [1.54, 1.807) is 5.38 Å². The van der Waals surface area contributed by atoms with Gasteiger partial charge in [-0.05, 0) is 26.7 Å². The monoisotopic (exact) mass is 269 g/mol. The summed E-state index contributed by atoms with van der Waals surface area (Å²) >= 11 is 1.41. The van der Waals surface area contributed by atoms with E-state index in [1.165, 1.54) is 11.3 Å². The maximum Gasteiger partial charge on any atom is 0.270 e.